The molecular weight excluding hydrogens is 302 g/mol. The molecule has 0 unspecified atom stereocenters. The summed E-state index contributed by atoms with van der Waals surface area (Å²) >= 11 is 0. The Labute approximate surface area is 135 Å². The molecule has 3 N–H and O–H groups in total. The Bertz CT molecular complexity index is 535. The summed E-state index contributed by atoms with van der Waals surface area (Å²) in [6, 6.07) is 2.45. The van der Waals surface area contributed by atoms with Gasteiger partial charge in [-0.15, -0.1) is 0 Å². The van der Waals surface area contributed by atoms with Gasteiger partial charge in [-0.25, -0.2) is 8.78 Å². The van der Waals surface area contributed by atoms with E-state index in [4.69, 9.17) is 5.73 Å². The summed E-state index contributed by atoms with van der Waals surface area (Å²) in [6.45, 7) is 2.13. The highest BCUT2D eigenvalue weighted by molar-refractivity contribution is 5.97. The maximum Gasteiger partial charge on any atom is 0.255 e. The molecule has 0 spiro atoms. The second kappa shape index (κ2) is 9.92. The molecule has 128 valence electrons. The number of carbonyl (C=O) groups excluding carboxylic acids is 2. The number of nitrogens with two attached hydrogens (primary N) is 1. The van der Waals surface area contributed by atoms with E-state index in [1.165, 1.54) is 12.5 Å². The Balaban J connectivity index is 2.53. The number of benzene rings is 1. The largest absolute Gasteiger partial charge is 0.368 e. The molecule has 1 rings (SSSR count). The minimum absolute atomic E-state index is 0.393. The van der Waals surface area contributed by atoms with Crippen LogP contribution in [0.1, 0.15) is 62.2 Å². The van der Waals surface area contributed by atoms with Crippen LogP contribution in [0.5, 0.6) is 0 Å². The van der Waals surface area contributed by atoms with Crippen LogP contribution in [0, 0.1) is 11.6 Å². The van der Waals surface area contributed by atoms with Crippen molar-refractivity contribution in [2.75, 3.05) is 0 Å². The van der Waals surface area contributed by atoms with E-state index in [-0.39, 0.29) is 0 Å². The van der Waals surface area contributed by atoms with E-state index in [1.54, 1.807) is 0 Å². The fraction of sp³-hybridized carbons (Fsp3) is 0.529. The van der Waals surface area contributed by atoms with Crippen molar-refractivity contribution < 1.29 is 18.4 Å². The van der Waals surface area contributed by atoms with Gasteiger partial charge in [-0.3, -0.25) is 9.59 Å². The van der Waals surface area contributed by atoms with E-state index in [2.05, 4.69) is 12.2 Å². The van der Waals surface area contributed by atoms with E-state index < -0.39 is 35.1 Å². The van der Waals surface area contributed by atoms with Crippen LogP contribution < -0.4 is 11.1 Å². The van der Waals surface area contributed by atoms with Gasteiger partial charge in [0.1, 0.15) is 6.04 Å². The Morgan fingerprint density at radius 3 is 2.43 bits per heavy atom. The highest BCUT2D eigenvalue weighted by atomic mass is 19.2. The average molecular weight is 326 g/mol. The second-order valence-corrected chi connectivity index (χ2v) is 5.59. The first-order valence-electron chi connectivity index (χ1n) is 8.01. The summed E-state index contributed by atoms with van der Waals surface area (Å²) < 4.78 is 26.7. The van der Waals surface area contributed by atoms with Crippen LogP contribution >= 0.6 is 0 Å². The first-order chi connectivity index (χ1) is 11.0. The Kier molecular flexibility index (Phi) is 8.22. The Morgan fingerprint density at radius 1 is 1.13 bits per heavy atom. The first kappa shape index (κ1) is 19.1. The van der Waals surface area contributed by atoms with Gasteiger partial charge in [0.05, 0.1) is 5.56 Å². The molecule has 0 aliphatic carbocycles. The molecule has 0 bridgehead atoms. The lowest BCUT2D eigenvalue weighted by molar-refractivity contribution is -0.120. The van der Waals surface area contributed by atoms with Crippen LogP contribution in [0.2, 0.25) is 0 Å². The molecule has 2 amide bonds. The van der Waals surface area contributed by atoms with Gasteiger partial charge in [0, 0.05) is 0 Å². The van der Waals surface area contributed by atoms with Gasteiger partial charge >= 0.3 is 0 Å². The molecule has 0 fully saturated rings. The minimum atomic E-state index is -1.23. The van der Waals surface area contributed by atoms with E-state index in [9.17, 15) is 18.4 Å². The predicted octanol–water partition coefficient (Wildman–Crippen LogP) is 3.30. The maximum atomic E-state index is 13.6. The van der Waals surface area contributed by atoms with Crippen LogP contribution in [0.15, 0.2) is 18.2 Å². The summed E-state index contributed by atoms with van der Waals surface area (Å²) in [5.41, 5.74) is 4.84. The zero-order valence-corrected chi connectivity index (χ0v) is 13.4. The summed E-state index contributed by atoms with van der Waals surface area (Å²) in [6.07, 6.45) is 6.60. The van der Waals surface area contributed by atoms with Gasteiger partial charge in [0.2, 0.25) is 5.91 Å². The molecule has 4 nitrogen and oxygen atoms in total. The van der Waals surface area contributed by atoms with Crippen molar-refractivity contribution in [2.24, 2.45) is 5.73 Å². The van der Waals surface area contributed by atoms with Gasteiger partial charge in [0.15, 0.2) is 11.6 Å². The molecule has 0 saturated heterocycles. The van der Waals surface area contributed by atoms with Crippen LogP contribution in [-0.4, -0.2) is 17.9 Å². The number of amides is 2. The molecule has 1 aromatic carbocycles. The van der Waals surface area contributed by atoms with Gasteiger partial charge in [-0.05, 0) is 18.6 Å². The molecule has 6 heteroatoms. The van der Waals surface area contributed by atoms with E-state index >= 15 is 0 Å². The van der Waals surface area contributed by atoms with Crippen molar-refractivity contribution in [3.05, 3.63) is 35.4 Å². The highest BCUT2D eigenvalue weighted by Crippen LogP contribution is 2.13. The number of carbonyl (C=O) groups is 2. The van der Waals surface area contributed by atoms with Gasteiger partial charge in [0.25, 0.3) is 5.91 Å². The molecular formula is C17H24F2N2O2. The first-order valence-corrected chi connectivity index (χ1v) is 8.01. The summed E-state index contributed by atoms with van der Waals surface area (Å²) in [5.74, 6) is -3.85. The smallest absolute Gasteiger partial charge is 0.255 e. The third kappa shape index (κ3) is 6.34. The monoisotopic (exact) mass is 326 g/mol. The zero-order chi connectivity index (χ0) is 17.2. The third-order valence-corrected chi connectivity index (χ3v) is 3.69. The number of halogens is 2. The molecule has 1 atom stereocenters. The number of primary amides is 1. The molecule has 0 aromatic heterocycles. The van der Waals surface area contributed by atoms with Crippen molar-refractivity contribution in [1.82, 2.24) is 5.32 Å². The summed E-state index contributed by atoms with van der Waals surface area (Å²) in [5, 5.41) is 2.38. The number of unbranched alkanes of at least 4 members (excludes halogenated alkanes) is 5. The standard InChI is InChI=1S/C17H24F2N2O2/c1-2-3-4-5-6-7-11-14(16(20)22)21-17(23)12-9-8-10-13(18)15(12)19/h8-10,14H,2-7,11H2,1H3,(H2,20,22)(H,21,23)/t14-/m0/s1. The third-order valence-electron chi connectivity index (χ3n) is 3.69. The van der Waals surface area contributed by atoms with E-state index in [0.717, 1.165) is 44.2 Å². The van der Waals surface area contributed by atoms with Gasteiger partial charge in [-0.2, -0.15) is 0 Å². The second-order valence-electron chi connectivity index (χ2n) is 5.59. The summed E-state index contributed by atoms with van der Waals surface area (Å²) in [7, 11) is 0. The van der Waals surface area contributed by atoms with Crippen LogP contribution in [0.3, 0.4) is 0 Å². The number of hydrogen-bond donors (Lipinski definition) is 2. The molecule has 0 aliphatic rings. The highest BCUT2D eigenvalue weighted by Gasteiger charge is 2.21. The van der Waals surface area contributed by atoms with Crippen molar-refractivity contribution in [2.45, 2.75) is 57.9 Å². The normalized spacial score (nSPS) is 12.0. The zero-order valence-electron chi connectivity index (χ0n) is 13.4. The molecule has 0 saturated carbocycles. The van der Waals surface area contributed by atoms with Crippen LogP contribution in [-0.2, 0) is 4.79 Å². The molecule has 0 aliphatic heterocycles. The lowest BCUT2D eigenvalue weighted by atomic mass is 10.0. The summed E-state index contributed by atoms with van der Waals surface area (Å²) in [4.78, 5) is 23.4. The van der Waals surface area contributed by atoms with Crippen molar-refractivity contribution >= 4 is 11.8 Å². The maximum absolute atomic E-state index is 13.6. The fourth-order valence-corrected chi connectivity index (χ4v) is 2.33. The molecule has 23 heavy (non-hydrogen) atoms. The SMILES string of the molecule is CCCCCCCC[C@H](NC(=O)c1cccc(F)c1F)C(N)=O. The van der Waals surface area contributed by atoms with Crippen LogP contribution in [0.25, 0.3) is 0 Å². The molecule has 0 radical (unpaired) electrons. The molecule has 0 heterocycles. The number of nitrogens with one attached hydrogen (secondary N) is 1. The minimum Gasteiger partial charge on any atom is -0.368 e. The quantitative estimate of drug-likeness (QED) is 0.648. The Morgan fingerprint density at radius 2 is 1.78 bits per heavy atom. The van der Waals surface area contributed by atoms with Gasteiger partial charge in [-0.1, -0.05) is 51.5 Å². The van der Waals surface area contributed by atoms with Crippen molar-refractivity contribution in [1.29, 1.82) is 0 Å². The van der Waals surface area contributed by atoms with E-state index in [1.807, 2.05) is 0 Å². The van der Waals surface area contributed by atoms with Crippen LogP contribution in [0.4, 0.5) is 8.78 Å². The average Bonchev–Trinajstić information content (AvgIpc) is 2.51. The van der Waals surface area contributed by atoms with Crippen molar-refractivity contribution in [3.63, 3.8) is 0 Å². The topological polar surface area (TPSA) is 72.2 Å². The Hall–Kier alpha value is -1.98. The van der Waals surface area contributed by atoms with E-state index in [0.29, 0.717) is 6.42 Å². The van der Waals surface area contributed by atoms with Crippen molar-refractivity contribution in [3.8, 4) is 0 Å². The number of hydrogen-bond acceptors (Lipinski definition) is 2. The fourth-order valence-electron chi connectivity index (χ4n) is 2.33. The van der Waals surface area contributed by atoms with Gasteiger partial charge < -0.3 is 11.1 Å². The number of rotatable bonds is 10. The lowest BCUT2D eigenvalue weighted by Crippen LogP contribution is -2.44. The molecule has 1 aromatic rings. The lowest BCUT2D eigenvalue weighted by Gasteiger charge is -2.15. The predicted molar refractivity (Wildman–Crippen MR) is 84.8 cm³/mol.